The van der Waals surface area contributed by atoms with Crippen LogP contribution in [0.3, 0.4) is 0 Å². The molecule has 3 nitrogen and oxygen atoms in total. The second-order valence-electron chi connectivity index (χ2n) is 4.87. The van der Waals surface area contributed by atoms with Crippen molar-refractivity contribution in [1.29, 1.82) is 0 Å². The van der Waals surface area contributed by atoms with E-state index < -0.39 is 0 Å². The van der Waals surface area contributed by atoms with Gasteiger partial charge in [0, 0.05) is 25.9 Å². The summed E-state index contributed by atoms with van der Waals surface area (Å²) in [5, 5.41) is 3.46. The van der Waals surface area contributed by atoms with Gasteiger partial charge in [-0.1, -0.05) is 6.92 Å². The molecule has 0 spiro atoms. The fourth-order valence-electron chi connectivity index (χ4n) is 2.92. The fraction of sp³-hybridized carbons (Fsp3) is 1.00. The topological polar surface area (TPSA) is 30.5 Å². The summed E-state index contributed by atoms with van der Waals surface area (Å²) in [5.74, 6) is 1.43. The summed E-state index contributed by atoms with van der Waals surface area (Å²) in [7, 11) is 2.06. The predicted octanol–water partition coefficient (Wildman–Crippen LogP) is 1.43. The van der Waals surface area contributed by atoms with Crippen LogP contribution in [0.15, 0.2) is 0 Å². The first kappa shape index (κ1) is 11.4. The van der Waals surface area contributed by atoms with Crippen LogP contribution in [0.5, 0.6) is 0 Å². The summed E-state index contributed by atoms with van der Waals surface area (Å²) >= 11 is 0. The Kier molecular flexibility index (Phi) is 4.00. The minimum Gasteiger partial charge on any atom is -0.381 e. The normalized spacial score (nSPS) is 35.6. The van der Waals surface area contributed by atoms with Crippen LogP contribution >= 0.6 is 0 Å². The van der Waals surface area contributed by atoms with E-state index >= 15 is 0 Å². The average molecular weight is 213 g/mol. The summed E-state index contributed by atoms with van der Waals surface area (Å²) in [5.41, 5.74) is 0. The molecule has 0 aromatic carbocycles. The first-order valence-corrected chi connectivity index (χ1v) is 6.19. The van der Waals surface area contributed by atoms with E-state index in [1.807, 2.05) is 0 Å². The van der Waals surface area contributed by atoms with Crippen LogP contribution in [0.1, 0.15) is 26.2 Å². The Morgan fingerprint density at radius 3 is 2.40 bits per heavy atom. The van der Waals surface area contributed by atoms with Gasteiger partial charge in [0.25, 0.3) is 0 Å². The maximum Gasteiger partial charge on any atom is 0.0756 e. The van der Waals surface area contributed by atoms with E-state index in [9.17, 15) is 0 Å². The Hall–Kier alpha value is -0.120. The molecule has 2 heterocycles. The van der Waals surface area contributed by atoms with E-state index in [-0.39, 0.29) is 0 Å². The van der Waals surface area contributed by atoms with Crippen LogP contribution in [0.25, 0.3) is 0 Å². The Balaban J connectivity index is 1.95. The van der Waals surface area contributed by atoms with Crippen LogP contribution in [0.2, 0.25) is 0 Å². The van der Waals surface area contributed by atoms with E-state index in [0.29, 0.717) is 18.1 Å². The third kappa shape index (κ3) is 2.52. The van der Waals surface area contributed by atoms with E-state index in [1.165, 1.54) is 19.3 Å². The summed E-state index contributed by atoms with van der Waals surface area (Å²) < 4.78 is 11.3. The molecule has 0 aromatic rings. The lowest BCUT2D eigenvalue weighted by molar-refractivity contribution is 0.00242. The molecule has 3 atom stereocenters. The molecule has 2 aliphatic heterocycles. The van der Waals surface area contributed by atoms with Crippen molar-refractivity contribution < 1.29 is 9.47 Å². The van der Waals surface area contributed by atoms with Crippen LogP contribution in [0.4, 0.5) is 0 Å². The van der Waals surface area contributed by atoms with Crippen LogP contribution in [0, 0.1) is 11.8 Å². The molecule has 3 heteroatoms. The zero-order valence-corrected chi connectivity index (χ0v) is 9.87. The molecule has 1 N–H and O–H groups in total. The molecule has 3 unspecified atom stereocenters. The molecule has 2 aliphatic rings. The van der Waals surface area contributed by atoms with E-state index in [2.05, 4.69) is 19.3 Å². The molecule has 2 saturated heterocycles. The molecular formula is C12H23NO2. The van der Waals surface area contributed by atoms with Gasteiger partial charge in [-0.05, 0) is 38.1 Å². The molecule has 0 aliphatic carbocycles. The number of likely N-dealkylation sites (N-methyl/N-ethyl adjacent to an activating group) is 1. The Labute approximate surface area is 92.5 Å². The van der Waals surface area contributed by atoms with Gasteiger partial charge in [0.05, 0.1) is 6.10 Å². The van der Waals surface area contributed by atoms with Gasteiger partial charge < -0.3 is 14.8 Å². The first-order chi connectivity index (χ1) is 7.33. The van der Waals surface area contributed by atoms with Crippen molar-refractivity contribution in [3.63, 3.8) is 0 Å². The Morgan fingerprint density at radius 2 is 1.87 bits per heavy atom. The maximum atomic E-state index is 5.87. The highest BCUT2D eigenvalue weighted by Gasteiger charge is 2.36. The molecular weight excluding hydrogens is 190 g/mol. The third-order valence-electron chi connectivity index (χ3n) is 3.91. The molecule has 0 aromatic heterocycles. The van der Waals surface area contributed by atoms with Gasteiger partial charge in [-0.3, -0.25) is 0 Å². The van der Waals surface area contributed by atoms with Crippen molar-refractivity contribution in [3.8, 4) is 0 Å². The number of ether oxygens (including phenoxy) is 2. The van der Waals surface area contributed by atoms with Crippen molar-refractivity contribution in [2.75, 3.05) is 26.9 Å². The van der Waals surface area contributed by atoms with Crippen LogP contribution < -0.4 is 5.32 Å². The lowest BCUT2D eigenvalue weighted by Gasteiger charge is -2.35. The number of hydrogen-bond donors (Lipinski definition) is 1. The molecule has 0 saturated carbocycles. The van der Waals surface area contributed by atoms with E-state index in [4.69, 9.17) is 9.47 Å². The summed E-state index contributed by atoms with van der Waals surface area (Å²) in [4.78, 5) is 0. The average Bonchev–Trinajstić information content (AvgIpc) is 2.68. The van der Waals surface area contributed by atoms with Gasteiger partial charge in [-0.2, -0.15) is 0 Å². The fourth-order valence-corrected chi connectivity index (χ4v) is 2.92. The lowest BCUT2D eigenvalue weighted by Crippen LogP contribution is -2.47. The second-order valence-corrected chi connectivity index (χ2v) is 4.87. The molecule has 2 rings (SSSR count). The van der Waals surface area contributed by atoms with Gasteiger partial charge in [0.15, 0.2) is 0 Å². The summed E-state index contributed by atoms with van der Waals surface area (Å²) in [6, 6.07) is 0.520. The maximum absolute atomic E-state index is 5.87. The van der Waals surface area contributed by atoms with Crippen molar-refractivity contribution >= 4 is 0 Å². The highest BCUT2D eigenvalue weighted by atomic mass is 16.5. The standard InChI is InChI=1S/C12H23NO2/c1-9-3-8-15-12(9)11(13-2)10-4-6-14-7-5-10/h9-13H,3-8H2,1-2H3. The van der Waals surface area contributed by atoms with Gasteiger partial charge in [0.1, 0.15) is 0 Å². The van der Waals surface area contributed by atoms with Gasteiger partial charge in [-0.15, -0.1) is 0 Å². The zero-order valence-electron chi connectivity index (χ0n) is 9.87. The molecule has 2 fully saturated rings. The van der Waals surface area contributed by atoms with Crippen molar-refractivity contribution in [1.82, 2.24) is 5.32 Å². The lowest BCUT2D eigenvalue weighted by atomic mass is 9.84. The molecule has 15 heavy (non-hydrogen) atoms. The molecule has 88 valence electrons. The molecule has 0 bridgehead atoms. The largest absolute Gasteiger partial charge is 0.381 e. The highest BCUT2D eigenvalue weighted by Crippen LogP contribution is 2.30. The Morgan fingerprint density at radius 1 is 1.13 bits per heavy atom. The smallest absolute Gasteiger partial charge is 0.0756 e. The predicted molar refractivity (Wildman–Crippen MR) is 59.9 cm³/mol. The van der Waals surface area contributed by atoms with Crippen LogP contribution in [-0.2, 0) is 9.47 Å². The van der Waals surface area contributed by atoms with Crippen molar-refractivity contribution in [3.05, 3.63) is 0 Å². The van der Waals surface area contributed by atoms with Gasteiger partial charge in [-0.25, -0.2) is 0 Å². The number of hydrogen-bond acceptors (Lipinski definition) is 3. The van der Waals surface area contributed by atoms with Gasteiger partial charge >= 0.3 is 0 Å². The Bertz CT molecular complexity index is 192. The summed E-state index contributed by atoms with van der Waals surface area (Å²) in [6.07, 6.45) is 3.99. The minimum atomic E-state index is 0.415. The number of rotatable bonds is 3. The SMILES string of the molecule is CNC(C1CCOCC1)C1OCCC1C. The second kappa shape index (κ2) is 5.28. The molecule has 0 radical (unpaired) electrons. The quantitative estimate of drug-likeness (QED) is 0.769. The summed E-state index contributed by atoms with van der Waals surface area (Å²) in [6.45, 7) is 5.09. The molecule has 0 amide bonds. The third-order valence-corrected chi connectivity index (χ3v) is 3.91. The van der Waals surface area contributed by atoms with E-state index in [1.54, 1.807) is 0 Å². The van der Waals surface area contributed by atoms with E-state index in [0.717, 1.165) is 25.7 Å². The number of nitrogens with one attached hydrogen (secondary N) is 1. The monoisotopic (exact) mass is 213 g/mol. The minimum absolute atomic E-state index is 0.415. The van der Waals surface area contributed by atoms with Gasteiger partial charge in [0.2, 0.25) is 0 Å². The van der Waals surface area contributed by atoms with Crippen molar-refractivity contribution in [2.24, 2.45) is 11.8 Å². The highest BCUT2D eigenvalue weighted by molar-refractivity contribution is 4.89. The van der Waals surface area contributed by atoms with Crippen molar-refractivity contribution in [2.45, 2.75) is 38.3 Å². The van der Waals surface area contributed by atoms with Crippen LogP contribution in [-0.4, -0.2) is 39.0 Å². The first-order valence-electron chi connectivity index (χ1n) is 6.19. The zero-order chi connectivity index (χ0) is 10.7.